The Labute approximate surface area is 115 Å². The number of benzene rings is 1. The van der Waals surface area contributed by atoms with Crippen LogP contribution < -0.4 is 5.73 Å². The largest absolute Gasteiger partial charge is 0.375 e. The van der Waals surface area contributed by atoms with Gasteiger partial charge in [-0.2, -0.15) is 0 Å². The summed E-state index contributed by atoms with van der Waals surface area (Å²) in [6.07, 6.45) is 0.481. The Balaban J connectivity index is 2.36. The molecule has 0 unspecified atom stereocenters. The van der Waals surface area contributed by atoms with Gasteiger partial charge in [0.05, 0.1) is 5.69 Å². The van der Waals surface area contributed by atoms with Gasteiger partial charge in [0.15, 0.2) is 5.13 Å². The van der Waals surface area contributed by atoms with Crippen LogP contribution in [-0.4, -0.2) is 4.98 Å². The summed E-state index contributed by atoms with van der Waals surface area (Å²) in [5, 5.41) is 1.06. The summed E-state index contributed by atoms with van der Waals surface area (Å²) in [6, 6.07) is 4.58. The third-order valence-electron chi connectivity index (χ3n) is 2.65. The molecule has 2 aromatic rings. The number of nitrogens with zero attached hydrogens (tertiary/aromatic N) is 1. The second kappa shape index (κ2) is 5.24. The Morgan fingerprint density at radius 2 is 2.17 bits per heavy atom. The molecule has 96 valence electrons. The van der Waals surface area contributed by atoms with E-state index >= 15 is 0 Å². The molecule has 0 spiro atoms. The van der Waals surface area contributed by atoms with E-state index in [-0.39, 0.29) is 11.7 Å². The lowest BCUT2D eigenvalue weighted by Gasteiger charge is -2.06. The maximum Gasteiger partial charge on any atom is 0.180 e. The smallest absolute Gasteiger partial charge is 0.180 e. The van der Waals surface area contributed by atoms with Crippen molar-refractivity contribution < 1.29 is 4.39 Å². The summed E-state index contributed by atoms with van der Waals surface area (Å²) in [6.45, 7) is 4.10. The molecule has 1 aromatic heterocycles. The van der Waals surface area contributed by atoms with Crippen molar-refractivity contribution in [3.63, 3.8) is 0 Å². The number of anilines is 1. The van der Waals surface area contributed by atoms with Crippen molar-refractivity contribution >= 4 is 28.1 Å². The lowest BCUT2D eigenvalue weighted by atomic mass is 10.0. The van der Waals surface area contributed by atoms with Crippen molar-refractivity contribution in [2.75, 3.05) is 5.73 Å². The van der Waals surface area contributed by atoms with Crippen molar-refractivity contribution in [1.29, 1.82) is 0 Å². The highest BCUT2D eigenvalue weighted by molar-refractivity contribution is 7.15. The summed E-state index contributed by atoms with van der Waals surface area (Å²) in [7, 11) is 0. The average molecular weight is 285 g/mol. The first-order valence-electron chi connectivity index (χ1n) is 5.66. The molecule has 2 rings (SSSR count). The first-order valence-corrected chi connectivity index (χ1v) is 6.86. The summed E-state index contributed by atoms with van der Waals surface area (Å²) in [5.41, 5.74) is 7.24. The van der Waals surface area contributed by atoms with Crippen LogP contribution in [0.2, 0.25) is 5.02 Å². The van der Waals surface area contributed by atoms with E-state index in [2.05, 4.69) is 4.98 Å². The maximum atomic E-state index is 13.7. The van der Waals surface area contributed by atoms with E-state index < -0.39 is 0 Å². The predicted molar refractivity (Wildman–Crippen MR) is 74.8 cm³/mol. The molecule has 18 heavy (non-hydrogen) atoms. The third kappa shape index (κ3) is 2.82. The monoisotopic (exact) mass is 284 g/mol. The number of nitrogens with two attached hydrogens (primary N) is 1. The van der Waals surface area contributed by atoms with Crippen molar-refractivity contribution in [2.45, 2.75) is 26.2 Å². The quantitative estimate of drug-likeness (QED) is 0.916. The first kappa shape index (κ1) is 13.3. The molecule has 0 aliphatic rings. The maximum absolute atomic E-state index is 13.7. The van der Waals surface area contributed by atoms with Crippen molar-refractivity contribution in [3.8, 4) is 0 Å². The fraction of sp³-hybridized carbons (Fsp3) is 0.308. The van der Waals surface area contributed by atoms with Crippen LogP contribution in [0.3, 0.4) is 0 Å². The zero-order valence-electron chi connectivity index (χ0n) is 10.2. The highest BCUT2D eigenvalue weighted by atomic mass is 35.5. The second-order valence-electron chi connectivity index (χ2n) is 4.43. The topological polar surface area (TPSA) is 38.9 Å². The minimum absolute atomic E-state index is 0.249. The molecule has 0 saturated carbocycles. The van der Waals surface area contributed by atoms with Crippen molar-refractivity contribution in [2.24, 2.45) is 0 Å². The normalized spacial score (nSPS) is 11.2. The molecule has 0 fully saturated rings. The Hall–Kier alpha value is -1.13. The Morgan fingerprint density at radius 1 is 1.44 bits per heavy atom. The van der Waals surface area contributed by atoms with Gasteiger partial charge in [0, 0.05) is 16.3 Å². The number of hydrogen-bond acceptors (Lipinski definition) is 3. The SMILES string of the molecule is CC(C)c1nc(N)sc1Cc1cc(Cl)ccc1F. The van der Waals surface area contributed by atoms with Gasteiger partial charge in [-0.1, -0.05) is 25.4 Å². The zero-order valence-corrected chi connectivity index (χ0v) is 11.8. The van der Waals surface area contributed by atoms with E-state index in [0.717, 1.165) is 10.6 Å². The summed E-state index contributed by atoms with van der Waals surface area (Å²) in [5.74, 6) is 0.0249. The molecule has 2 nitrogen and oxygen atoms in total. The van der Waals surface area contributed by atoms with E-state index in [0.29, 0.717) is 22.1 Å². The molecule has 0 bridgehead atoms. The van der Waals surface area contributed by atoms with Crippen LogP contribution >= 0.6 is 22.9 Å². The number of halogens is 2. The molecular formula is C13H14ClFN2S. The summed E-state index contributed by atoms with van der Waals surface area (Å²) in [4.78, 5) is 5.30. The number of aromatic nitrogens is 1. The molecule has 0 amide bonds. The number of hydrogen-bond donors (Lipinski definition) is 1. The molecule has 0 radical (unpaired) electrons. The molecule has 1 heterocycles. The molecule has 0 aliphatic heterocycles. The predicted octanol–water partition coefficient (Wildman–Crippen LogP) is 4.23. The van der Waals surface area contributed by atoms with E-state index in [1.54, 1.807) is 12.1 Å². The van der Waals surface area contributed by atoms with Gasteiger partial charge in [0.1, 0.15) is 5.82 Å². The highest BCUT2D eigenvalue weighted by Crippen LogP contribution is 2.30. The van der Waals surface area contributed by atoms with Crippen LogP contribution in [0, 0.1) is 5.82 Å². The molecule has 2 N–H and O–H groups in total. The van der Waals surface area contributed by atoms with Crippen LogP contribution in [0.25, 0.3) is 0 Å². The Morgan fingerprint density at radius 3 is 2.83 bits per heavy atom. The first-order chi connectivity index (χ1) is 8.47. The van der Waals surface area contributed by atoms with Crippen LogP contribution in [0.15, 0.2) is 18.2 Å². The van der Waals surface area contributed by atoms with Gasteiger partial charge in [0.25, 0.3) is 0 Å². The minimum Gasteiger partial charge on any atom is -0.375 e. The van der Waals surface area contributed by atoms with Gasteiger partial charge < -0.3 is 5.73 Å². The lowest BCUT2D eigenvalue weighted by Crippen LogP contribution is -1.97. The third-order valence-corrected chi connectivity index (χ3v) is 3.79. The van der Waals surface area contributed by atoms with Gasteiger partial charge in [-0.05, 0) is 29.7 Å². The van der Waals surface area contributed by atoms with Crippen LogP contribution in [0.5, 0.6) is 0 Å². The number of nitrogen functional groups attached to an aromatic ring is 1. The van der Waals surface area contributed by atoms with Gasteiger partial charge >= 0.3 is 0 Å². The molecule has 5 heteroatoms. The van der Waals surface area contributed by atoms with Crippen LogP contribution in [0.1, 0.15) is 35.9 Å². The van der Waals surface area contributed by atoms with E-state index in [1.807, 2.05) is 13.8 Å². The fourth-order valence-corrected chi connectivity index (χ4v) is 3.02. The molecule has 0 atom stereocenters. The van der Waals surface area contributed by atoms with Gasteiger partial charge in [-0.15, -0.1) is 11.3 Å². The standard InChI is InChI=1S/C13H14ClFN2S/c1-7(2)12-11(18-13(16)17-12)6-8-5-9(14)3-4-10(8)15/h3-5,7H,6H2,1-2H3,(H2,16,17). The Kier molecular flexibility index (Phi) is 3.88. The van der Waals surface area contributed by atoms with Crippen LogP contribution in [0.4, 0.5) is 9.52 Å². The van der Waals surface area contributed by atoms with E-state index in [1.165, 1.54) is 17.4 Å². The molecule has 0 aliphatic carbocycles. The fourth-order valence-electron chi connectivity index (χ4n) is 1.81. The summed E-state index contributed by atoms with van der Waals surface area (Å²) < 4.78 is 13.7. The molecule has 1 aromatic carbocycles. The van der Waals surface area contributed by atoms with Crippen molar-refractivity contribution in [1.82, 2.24) is 4.98 Å². The summed E-state index contributed by atoms with van der Waals surface area (Å²) >= 11 is 7.30. The number of rotatable bonds is 3. The van der Waals surface area contributed by atoms with E-state index in [4.69, 9.17) is 17.3 Å². The lowest BCUT2D eigenvalue weighted by molar-refractivity contribution is 0.614. The van der Waals surface area contributed by atoms with Gasteiger partial charge in [0.2, 0.25) is 0 Å². The van der Waals surface area contributed by atoms with E-state index in [9.17, 15) is 4.39 Å². The number of thiazole rings is 1. The van der Waals surface area contributed by atoms with Crippen LogP contribution in [-0.2, 0) is 6.42 Å². The van der Waals surface area contributed by atoms with Gasteiger partial charge in [-0.25, -0.2) is 9.37 Å². The molecule has 0 saturated heterocycles. The van der Waals surface area contributed by atoms with Gasteiger partial charge in [-0.3, -0.25) is 0 Å². The Bertz CT molecular complexity index is 566. The second-order valence-corrected chi connectivity index (χ2v) is 5.98. The van der Waals surface area contributed by atoms with Crippen molar-refractivity contribution in [3.05, 3.63) is 45.2 Å². The minimum atomic E-state index is -0.249. The molecular weight excluding hydrogens is 271 g/mol. The average Bonchev–Trinajstić information content (AvgIpc) is 2.65. The highest BCUT2D eigenvalue weighted by Gasteiger charge is 2.15. The zero-order chi connectivity index (χ0) is 13.3.